The van der Waals surface area contributed by atoms with Crippen LogP contribution in [0.5, 0.6) is 0 Å². The number of nitrogen functional groups attached to an aromatic ring is 1. The van der Waals surface area contributed by atoms with Crippen LogP contribution in [0.15, 0.2) is 28.2 Å². The van der Waals surface area contributed by atoms with Crippen molar-refractivity contribution in [3.63, 3.8) is 0 Å². The molecule has 232 valence electrons. The fourth-order valence-corrected chi connectivity index (χ4v) is 7.31. The highest BCUT2D eigenvalue weighted by Crippen LogP contribution is 2.50. The van der Waals surface area contributed by atoms with Crippen LogP contribution < -0.4 is 11.4 Å². The van der Waals surface area contributed by atoms with E-state index in [1.165, 1.54) is 15.7 Å². The first kappa shape index (κ1) is 35.8. The van der Waals surface area contributed by atoms with E-state index in [1.807, 2.05) is 41.5 Å². The summed E-state index contributed by atoms with van der Waals surface area (Å²) < 4.78 is 32.7. The SMILES string of the molecule is CC1=C(C)CC(COCP(=O)(OCCSC(=O)C(C)(C)C)OCCSC(=O)C(C)(C)C)(Cn2ccc(N)nc2=O)C1. The molecule has 2 rings (SSSR count). The number of hydrogen-bond donors (Lipinski definition) is 1. The van der Waals surface area contributed by atoms with E-state index in [1.54, 1.807) is 12.3 Å². The van der Waals surface area contributed by atoms with E-state index in [9.17, 15) is 18.9 Å². The van der Waals surface area contributed by atoms with Crippen molar-refractivity contribution in [1.29, 1.82) is 0 Å². The van der Waals surface area contributed by atoms with Crippen LogP contribution in [-0.4, -0.2) is 57.5 Å². The molecule has 13 heteroatoms. The summed E-state index contributed by atoms with van der Waals surface area (Å²) in [4.78, 5) is 40.8. The number of nitrogens with two attached hydrogens (primary N) is 1. The Kier molecular flexibility index (Phi) is 12.9. The van der Waals surface area contributed by atoms with Crippen molar-refractivity contribution in [3.05, 3.63) is 33.9 Å². The van der Waals surface area contributed by atoms with Gasteiger partial charge in [0.15, 0.2) is 10.2 Å². The molecule has 0 saturated carbocycles. The molecule has 0 fully saturated rings. The van der Waals surface area contributed by atoms with E-state index in [2.05, 4.69) is 18.8 Å². The Hall–Kier alpha value is -1.43. The second kappa shape index (κ2) is 14.8. The smallest absolute Gasteiger partial charge is 0.356 e. The first-order chi connectivity index (χ1) is 18.9. The lowest BCUT2D eigenvalue weighted by Gasteiger charge is -2.31. The molecule has 0 bridgehead atoms. The third-order valence-electron chi connectivity index (χ3n) is 6.50. The maximum atomic E-state index is 13.7. The second-order valence-corrected chi connectivity index (χ2v) is 16.8. The molecule has 2 N–H and O–H groups in total. The average Bonchev–Trinajstić information content (AvgIpc) is 3.12. The number of aromatic nitrogens is 2. The summed E-state index contributed by atoms with van der Waals surface area (Å²) in [5.41, 5.74) is 6.24. The molecule has 0 spiro atoms. The fourth-order valence-electron chi connectivity index (χ4n) is 4.21. The maximum absolute atomic E-state index is 13.7. The van der Waals surface area contributed by atoms with Gasteiger partial charge in [-0.3, -0.25) is 18.7 Å². The van der Waals surface area contributed by atoms with Gasteiger partial charge in [0.2, 0.25) is 0 Å². The molecular formula is C28H46N3O7PS2. The van der Waals surface area contributed by atoms with E-state index < -0.39 is 29.5 Å². The van der Waals surface area contributed by atoms with Crippen molar-refractivity contribution in [3.8, 4) is 0 Å². The molecule has 1 aliphatic rings. The highest BCUT2D eigenvalue weighted by Gasteiger charge is 2.38. The van der Waals surface area contributed by atoms with Gasteiger partial charge >= 0.3 is 13.3 Å². The standard InChI is InChI=1S/C28H46N3O7PS2/c1-20-15-28(16-21(20)2,17-31-10-9-22(29)30-25(31)34)18-36-19-39(35,37-11-13-40-23(32)26(3,4)5)38-12-14-41-24(33)27(6,7)8/h9-10H,11-19H2,1-8H3,(H2,29,30,34). The number of carbonyl (C=O) groups is 2. The number of rotatable bonds is 14. The minimum atomic E-state index is -3.72. The number of carbonyl (C=O) groups excluding carboxylic acids is 2. The highest BCUT2D eigenvalue weighted by molar-refractivity contribution is 8.14. The van der Waals surface area contributed by atoms with Crippen molar-refractivity contribution >= 4 is 47.2 Å². The number of thioether (sulfide) groups is 2. The largest absolute Gasteiger partial charge is 0.383 e. The Bertz CT molecular complexity index is 1170. The van der Waals surface area contributed by atoms with Crippen LogP contribution >= 0.6 is 31.1 Å². The third kappa shape index (κ3) is 11.6. The molecule has 0 aromatic carbocycles. The van der Waals surface area contributed by atoms with Crippen LogP contribution in [0, 0.1) is 16.2 Å². The molecular weight excluding hydrogens is 585 g/mol. The van der Waals surface area contributed by atoms with Crippen molar-refractivity contribution in [1.82, 2.24) is 9.55 Å². The molecule has 0 atom stereocenters. The van der Waals surface area contributed by atoms with Crippen molar-refractivity contribution in [2.45, 2.75) is 74.8 Å². The van der Waals surface area contributed by atoms with Gasteiger partial charge in [-0.1, -0.05) is 76.2 Å². The normalized spacial score (nSPS) is 15.9. The van der Waals surface area contributed by atoms with Gasteiger partial charge in [-0.25, -0.2) is 4.79 Å². The van der Waals surface area contributed by atoms with Gasteiger partial charge in [-0.15, -0.1) is 0 Å². The Morgan fingerprint density at radius 2 is 1.49 bits per heavy atom. The van der Waals surface area contributed by atoms with Crippen LogP contribution in [0.4, 0.5) is 5.82 Å². The summed E-state index contributed by atoms with van der Waals surface area (Å²) in [7, 11) is -3.72. The summed E-state index contributed by atoms with van der Waals surface area (Å²) in [6.45, 7) is 15.8. The monoisotopic (exact) mass is 631 g/mol. The van der Waals surface area contributed by atoms with Gasteiger partial charge < -0.3 is 19.5 Å². The lowest BCUT2D eigenvalue weighted by atomic mass is 9.84. The van der Waals surface area contributed by atoms with Gasteiger partial charge in [0.1, 0.15) is 12.2 Å². The molecule has 10 nitrogen and oxygen atoms in total. The highest BCUT2D eigenvalue weighted by atomic mass is 32.2. The zero-order chi connectivity index (χ0) is 31.1. The molecule has 1 aromatic rings. The summed E-state index contributed by atoms with van der Waals surface area (Å²) in [6.07, 6.45) is 2.74. The van der Waals surface area contributed by atoms with Gasteiger partial charge in [0.05, 0.1) is 19.8 Å². The van der Waals surface area contributed by atoms with Gasteiger partial charge in [0.25, 0.3) is 0 Å². The molecule has 0 aliphatic heterocycles. The number of nitrogens with zero attached hydrogens (tertiary/aromatic N) is 2. The van der Waals surface area contributed by atoms with Gasteiger partial charge in [0, 0.05) is 40.5 Å². The zero-order valence-electron chi connectivity index (χ0n) is 25.6. The minimum Gasteiger partial charge on any atom is -0.383 e. The van der Waals surface area contributed by atoms with Gasteiger partial charge in [-0.2, -0.15) is 4.98 Å². The van der Waals surface area contributed by atoms with Crippen molar-refractivity contribution < 1.29 is 27.9 Å². The second-order valence-electron chi connectivity index (χ2n) is 12.7. The zero-order valence-corrected chi connectivity index (χ0v) is 28.1. The van der Waals surface area contributed by atoms with Crippen LogP contribution in [0.1, 0.15) is 68.2 Å². The summed E-state index contributed by atoms with van der Waals surface area (Å²) >= 11 is 2.25. The lowest BCUT2D eigenvalue weighted by Crippen LogP contribution is -2.35. The van der Waals surface area contributed by atoms with Crippen LogP contribution in [0.3, 0.4) is 0 Å². The Morgan fingerprint density at radius 1 is 1.00 bits per heavy atom. The minimum absolute atomic E-state index is 0.0130. The van der Waals surface area contributed by atoms with Gasteiger partial charge in [-0.05, 0) is 32.8 Å². The van der Waals surface area contributed by atoms with Crippen LogP contribution in [0.25, 0.3) is 0 Å². The third-order valence-corrected chi connectivity index (χ3v) is 10.6. The lowest BCUT2D eigenvalue weighted by molar-refractivity contribution is -0.118. The summed E-state index contributed by atoms with van der Waals surface area (Å²) in [5.74, 6) is 0.799. The predicted octanol–water partition coefficient (Wildman–Crippen LogP) is 5.75. The number of anilines is 1. The Morgan fingerprint density at radius 3 is 1.93 bits per heavy atom. The molecule has 0 radical (unpaired) electrons. The molecule has 1 aromatic heterocycles. The average molecular weight is 632 g/mol. The first-order valence-corrected chi connectivity index (χ1v) is 17.3. The quantitative estimate of drug-likeness (QED) is 0.152. The van der Waals surface area contributed by atoms with E-state index in [0.717, 1.165) is 23.5 Å². The number of allylic oxidation sites excluding steroid dienone is 2. The Balaban J connectivity index is 2.08. The summed E-state index contributed by atoms with van der Waals surface area (Å²) in [6, 6.07) is 1.58. The molecule has 0 saturated heterocycles. The fraction of sp³-hybridized carbons (Fsp3) is 0.714. The van der Waals surface area contributed by atoms with Crippen molar-refractivity contribution in [2.24, 2.45) is 16.2 Å². The van der Waals surface area contributed by atoms with Crippen LogP contribution in [0.2, 0.25) is 0 Å². The van der Waals surface area contributed by atoms with E-state index in [0.29, 0.717) is 30.9 Å². The van der Waals surface area contributed by atoms with E-state index >= 15 is 0 Å². The molecule has 1 heterocycles. The van der Waals surface area contributed by atoms with E-state index in [4.69, 9.17) is 19.5 Å². The Labute approximate surface area is 252 Å². The van der Waals surface area contributed by atoms with E-state index in [-0.39, 0.29) is 42.2 Å². The predicted molar refractivity (Wildman–Crippen MR) is 167 cm³/mol. The van der Waals surface area contributed by atoms with Crippen LogP contribution in [-0.2, 0) is 34.5 Å². The first-order valence-electron chi connectivity index (χ1n) is 13.6. The maximum Gasteiger partial charge on any atom is 0.356 e. The molecule has 0 unspecified atom stereocenters. The number of ether oxygens (including phenoxy) is 1. The topological polar surface area (TPSA) is 140 Å². The van der Waals surface area contributed by atoms with Crippen molar-refractivity contribution in [2.75, 3.05) is 43.4 Å². The molecule has 0 amide bonds. The molecule has 41 heavy (non-hydrogen) atoms. The molecule has 1 aliphatic carbocycles. The summed E-state index contributed by atoms with van der Waals surface area (Å²) in [5, 5.41) is 0.0259. The number of hydrogen-bond acceptors (Lipinski definition) is 11.